The molecule has 0 N–H and O–H groups in total. The molecule has 1 aromatic rings. The molecule has 1 aliphatic heterocycles. The molecule has 1 amide bonds. The molecular weight excluding hydrogens is 266 g/mol. The van der Waals surface area contributed by atoms with Crippen molar-refractivity contribution in [2.75, 3.05) is 0 Å². The van der Waals surface area contributed by atoms with Crippen molar-refractivity contribution in [3.8, 4) is 0 Å². The first kappa shape index (κ1) is 14.4. The first-order valence-electron chi connectivity index (χ1n) is 6.27. The highest BCUT2D eigenvalue weighted by Gasteiger charge is 2.32. The Labute approximate surface area is 116 Å². The van der Waals surface area contributed by atoms with E-state index in [0.717, 1.165) is 11.1 Å². The zero-order valence-corrected chi connectivity index (χ0v) is 11.6. The van der Waals surface area contributed by atoms with Gasteiger partial charge < -0.3 is 4.74 Å². The van der Waals surface area contributed by atoms with Crippen molar-refractivity contribution in [3.05, 3.63) is 35.4 Å². The second kappa shape index (κ2) is 5.19. The maximum atomic E-state index is 13.3. The van der Waals surface area contributed by atoms with Gasteiger partial charge in [-0.05, 0) is 38.5 Å². The van der Waals surface area contributed by atoms with Gasteiger partial charge in [-0.2, -0.15) is 10.1 Å². The van der Waals surface area contributed by atoms with E-state index in [1.807, 2.05) is 0 Å². The van der Waals surface area contributed by atoms with Crippen LogP contribution in [-0.4, -0.2) is 22.9 Å². The lowest BCUT2D eigenvalue weighted by molar-refractivity contribution is 0.0194. The molecular formula is C14H16F2N2O2. The second-order valence-corrected chi connectivity index (χ2v) is 5.58. The molecule has 108 valence electrons. The van der Waals surface area contributed by atoms with Crippen molar-refractivity contribution in [1.82, 2.24) is 5.01 Å². The van der Waals surface area contributed by atoms with E-state index in [4.69, 9.17) is 4.74 Å². The predicted molar refractivity (Wildman–Crippen MR) is 70.3 cm³/mol. The summed E-state index contributed by atoms with van der Waals surface area (Å²) >= 11 is 0. The topological polar surface area (TPSA) is 41.9 Å². The van der Waals surface area contributed by atoms with Crippen LogP contribution in [0.4, 0.5) is 13.6 Å². The fourth-order valence-electron chi connectivity index (χ4n) is 1.94. The van der Waals surface area contributed by atoms with Crippen LogP contribution in [0.3, 0.4) is 0 Å². The number of ether oxygens (including phenoxy) is 1. The smallest absolute Gasteiger partial charge is 0.431 e. The minimum Gasteiger partial charge on any atom is -0.442 e. The van der Waals surface area contributed by atoms with Crippen LogP contribution in [0.2, 0.25) is 0 Å². The number of nitrogens with zero attached hydrogens (tertiary/aromatic N) is 2. The Morgan fingerprint density at radius 3 is 2.45 bits per heavy atom. The van der Waals surface area contributed by atoms with Crippen LogP contribution < -0.4 is 0 Å². The number of halogens is 2. The van der Waals surface area contributed by atoms with Crippen LogP contribution in [0.25, 0.3) is 0 Å². The minimum absolute atomic E-state index is 0.353. The van der Waals surface area contributed by atoms with Crippen LogP contribution >= 0.6 is 0 Å². The number of hydrogen-bond acceptors (Lipinski definition) is 3. The van der Waals surface area contributed by atoms with Crippen LogP contribution in [0, 0.1) is 11.6 Å². The number of carbonyl (C=O) groups excluding carboxylic acids is 1. The summed E-state index contributed by atoms with van der Waals surface area (Å²) in [4.78, 5) is 12.0. The zero-order valence-electron chi connectivity index (χ0n) is 11.6. The number of hydrazone groups is 1. The summed E-state index contributed by atoms with van der Waals surface area (Å²) in [5.74, 6) is -1.37. The van der Waals surface area contributed by atoms with Crippen molar-refractivity contribution in [2.24, 2.45) is 5.10 Å². The predicted octanol–water partition coefficient (Wildman–Crippen LogP) is 3.63. The van der Waals surface area contributed by atoms with Crippen molar-refractivity contribution in [3.63, 3.8) is 0 Å². The Morgan fingerprint density at radius 1 is 1.30 bits per heavy atom. The fourth-order valence-corrected chi connectivity index (χ4v) is 1.94. The average Bonchev–Trinajstić information content (AvgIpc) is 2.73. The van der Waals surface area contributed by atoms with Gasteiger partial charge in [0.1, 0.15) is 17.2 Å². The SMILES string of the molecule is CC(C)(C)OC(=O)N1N=CCC1c1cc(F)cc(F)c1. The summed E-state index contributed by atoms with van der Waals surface area (Å²) in [7, 11) is 0. The largest absolute Gasteiger partial charge is 0.442 e. The van der Waals surface area contributed by atoms with Crippen molar-refractivity contribution < 1.29 is 18.3 Å². The van der Waals surface area contributed by atoms with Crippen molar-refractivity contribution in [1.29, 1.82) is 0 Å². The van der Waals surface area contributed by atoms with Gasteiger partial charge in [0.15, 0.2) is 0 Å². The fraction of sp³-hybridized carbons (Fsp3) is 0.429. The van der Waals surface area contributed by atoms with Gasteiger partial charge in [-0.3, -0.25) is 0 Å². The summed E-state index contributed by atoms with van der Waals surface area (Å²) in [6, 6.07) is 2.63. The van der Waals surface area contributed by atoms with Gasteiger partial charge in [-0.1, -0.05) is 0 Å². The maximum Gasteiger partial charge on any atom is 0.431 e. The third kappa shape index (κ3) is 3.31. The standard InChI is InChI=1S/C14H16F2N2O2/c1-14(2,3)20-13(19)18-12(4-5-17-18)9-6-10(15)8-11(16)7-9/h5-8,12H,4H2,1-3H3. The maximum absolute atomic E-state index is 13.3. The molecule has 0 aromatic heterocycles. The van der Waals surface area contributed by atoms with E-state index < -0.39 is 29.4 Å². The third-order valence-electron chi connectivity index (χ3n) is 2.68. The zero-order chi connectivity index (χ0) is 14.9. The molecule has 1 aromatic carbocycles. The molecule has 6 heteroatoms. The molecule has 0 saturated heterocycles. The van der Waals surface area contributed by atoms with E-state index in [9.17, 15) is 13.6 Å². The van der Waals surface area contributed by atoms with Gasteiger partial charge in [0, 0.05) is 18.7 Å². The lowest BCUT2D eigenvalue weighted by Crippen LogP contribution is -2.34. The van der Waals surface area contributed by atoms with Gasteiger partial charge >= 0.3 is 6.09 Å². The Morgan fingerprint density at radius 2 is 1.90 bits per heavy atom. The minimum atomic E-state index is -0.684. The Bertz CT molecular complexity index is 532. The molecule has 1 unspecified atom stereocenters. The molecule has 1 heterocycles. The highest BCUT2D eigenvalue weighted by Crippen LogP contribution is 2.30. The highest BCUT2D eigenvalue weighted by molar-refractivity contribution is 5.74. The second-order valence-electron chi connectivity index (χ2n) is 5.58. The monoisotopic (exact) mass is 282 g/mol. The van der Waals surface area contributed by atoms with E-state index in [2.05, 4.69) is 5.10 Å². The third-order valence-corrected chi connectivity index (χ3v) is 2.68. The lowest BCUT2D eigenvalue weighted by atomic mass is 10.0. The molecule has 0 bridgehead atoms. The molecule has 1 atom stereocenters. The van der Waals surface area contributed by atoms with E-state index in [0.29, 0.717) is 12.0 Å². The number of hydrogen-bond donors (Lipinski definition) is 0. The lowest BCUT2D eigenvalue weighted by Gasteiger charge is -2.26. The quantitative estimate of drug-likeness (QED) is 0.789. The van der Waals surface area contributed by atoms with Gasteiger partial charge in [0.05, 0.1) is 6.04 Å². The molecule has 2 rings (SSSR count). The molecule has 0 spiro atoms. The highest BCUT2D eigenvalue weighted by atomic mass is 19.1. The Hall–Kier alpha value is -1.98. The van der Waals surface area contributed by atoms with E-state index >= 15 is 0 Å². The molecule has 0 radical (unpaired) electrons. The van der Waals surface area contributed by atoms with Crippen molar-refractivity contribution >= 4 is 12.3 Å². The van der Waals surface area contributed by atoms with Gasteiger partial charge in [0.2, 0.25) is 0 Å². The number of amides is 1. The summed E-state index contributed by atoms with van der Waals surface area (Å²) in [5, 5.41) is 5.04. The first-order chi connectivity index (χ1) is 9.26. The molecule has 4 nitrogen and oxygen atoms in total. The van der Waals surface area contributed by atoms with Crippen molar-refractivity contribution in [2.45, 2.75) is 38.8 Å². The summed E-state index contributed by atoms with van der Waals surface area (Å²) in [6.45, 7) is 5.21. The molecule has 0 aliphatic carbocycles. The van der Waals surface area contributed by atoms with Gasteiger partial charge in [-0.15, -0.1) is 0 Å². The number of benzene rings is 1. The number of rotatable bonds is 1. The van der Waals surface area contributed by atoms with Crippen LogP contribution in [-0.2, 0) is 4.74 Å². The summed E-state index contributed by atoms with van der Waals surface area (Å²) in [6.07, 6.45) is 1.28. The molecule has 1 aliphatic rings. The molecule has 0 fully saturated rings. The van der Waals surface area contributed by atoms with E-state index in [-0.39, 0.29) is 0 Å². The Kier molecular flexibility index (Phi) is 3.74. The average molecular weight is 282 g/mol. The molecule has 0 saturated carbocycles. The van der Waals surface area contributed by atoms with Gasteiger partial charge in [0.25, 0.3) is 0 Å². The summed E-state index contributed by atoms with van der Waals surface area (Å²) < 4.78 is 31.8. The summed E-state index contributed by atoms with van der Waals surface area (Å²) in [5.41, 5.74) is -0.307. The number of carbonyl (C=O) groups is 1. The Balaban J connectivity index is 2.22. The van der Waals surface area contributed by atoms with E-state index in [1.165, 1.54) is 18.3 Å². The van der Waals surface area contributed by atoms with E-state index in [1.54, 1.807) is 20.8 Å². The van der Waals surface area contributed by atoms with Gasteiger partial charge in [-0.25, -0.2) is 13.6 Å². The first-order valence-corrected chi connectivity index (χ1v) is 6.27. The normalized spacial score (nSPS) is 18.4. The van der Waals surface area contributed by atoms with Crippen LogP contribution in [0.1, 0.15) is 38.8 Å². The molecule has 20 heavy (non-hydrogen) atoms. The van der Waals surface area contributed by atoms with Crippen LogP contribution in [0.15, 0.2) is 23.3 Å². The van der Waals surface area contributed by atoms with Crippen LogP contribution in [0.5, 0.6) is 0 Å².